The fraction of sp³-hybridized carbons (Fsp3) is 0.474. The maximum Gasteiger partial charge on any atom is 0.277 e. The molecule has 0 N–H and O–H groups in total. The Labute approximate surface area is 157 Å². The summed E-state index contributed by atoms with van der Waals surface area (Å²) in [7, 11) is 0. The van der Waals surface area contributed by atoms with Crippen LogP contribution in [-0.2, 0) is 5.41 Å². The van der Waals surface area contributed by atoms with Gasteiger partial charge >= 0.3 is 0 Å². The van der Waals surface area contributed by atoms with Gasteiger partial charge < -0.3 is 8.94 Å². The van der Waals surface area contributed by atoms with Gasteiger partial charge in [-0.1, -0.05) is 63.7 Å². The van der Waals surface area contributed by atoms with Crippen molar-refractivity contribution in [3.05, 3.63) is 41.5 Å². The molecular formula is C19H24N4O2S. The van der Waals surface area contributed by atoms with E-state index >= 15 is 0 Å². The number of rotatable bonds is 5. The van der Waals surface area contributed by atoms with Crippen molar-refractivity contribution in [2.45, 2.75) is 63.3 Å². The molecule has 0 saturated heterocycles. The van der Waals surface area contributed by atoms with Crippen molar-refractivity contribution in [2.24, 2.45) is 0 Å². The van der Waals surface area contributed by atoms with Crippen LogP contribution in [0.2, 0.25) is 0 Å². The maximum absolute atomic E-state index is 5.79. The van der Waals surface area contributed by atoms with Crippen molar-refractivity contribution in [3.63, 3.8) is 0 Å². The number of aromatic nitrogens is 4. The van der Waals surface area contributed by atoms with Gasteiger partial charge in [-0.15, -0.1) is 10.2 Å². The van der Waals surface area contributed by atoms with Gasteiger partial charge in [-0.3, -0.25) is 0 Å². The molecule has 6 nitrogen and oxygen atoms in total. The monoisotopic (exact) mass is 372 g/mol. The van der Waals surface area contributed by atoms with Gasteiger partial charge in [0.05, 0.1) is 5.25 Å². The van der Waals surface area contributed by atoms with Crippen molar-refractivity contribution < 1.29 is 8.94 Å². The van der Waals surface area contributed by atoms with Gasteiger partial charge in [0.1, 0.15) is 0 Å². The van der Waals surface area contributed by atoms with Crippen LogP contribution in [0.1, 0.15) is 70.0 Å². The SMILES string of the molecule is CC(C)c1noc([C@H](C)Sc2nnc(-c3ccc(C(C)(C)C)cc3)o2)n1. The molecular weight excluding hydrogens is 348 g/mol. The minimum Gasteiger partial charge on any atom is -0.411 e. The summed E-state index contributed by atoms with van der Waals surface area (Å²) in [5.41, 5.74) is 2.29. The van der Waals surface area contributed by atoms with E-state index in [1.165, 1.54) is 17.3 Å². The van der Waals surface area contributed by atoms with Crippen LogP contribution < -0.4 is 0 Å². The predicted molar refractivity (Wildman–Crippen MR) is 101 cm³/mol. The van der Waals surface area contributed by atoms with Gasteiger partial charge in [-0.2, -0.15) is 4.98 Å². The molecule has 0 unspecified atom stereocenters. The van der Waals surface area contributed by atoms with Gasteiger partial charge in [0.2, 0.25) is 11.8 Å². The summed E-state index contributed by atoms with van der Waals surface area (Å²) in [5.74, 6) is 2.01. The molecule has 0 saturated carbocycles. The van der Waals surface area contributed by atoms with E-state index in [1.807, 2.05) is 32.9 Å². The summed E-state index contributed by atoms with van der Waals surface area (Å²) in [6.45, 7) is 12.6. The molecule has 0 spiro atoms. The minimum absolute atomic E-state index is 0.0634. The summed E-state index contributed by atoms with van der Waals surface area (Å²) in [5, 5.41) is 12.7. The molecule has 26 heavy (non-hydrogen) atoms. The first-order chi connectivity index (χ1) is 12.2. The van der Waals surface area contributed by atoms with Crippen molar-refractivity contribution in [2.75, 3.05) is 0 Å². The highest BCUT2D eigenvalue weighted by atomic mass is 32.2. The highest BCUT2D eigenvalue weighted by Gasteiger charge is 2.20. The van der Waals surface area contributed by atoms with Crippen LogP contribution in [0.5, 0.6) is 0 Å². The average Bonchev–Trinajstić information content (AvgIpc) is 3.23. The van der Waals surface area contributed by atoms with Crippen molar-refractivity contribution >= 4 is 11.8 Å². The molecule has 2 aromatic heterocycles. The lowest BCUT2D eigenvalue weighted by Gasteiger charge is -2.18. The molecule has 3 aromatic rings. The van der Waals surface area contributed by atoms with E-state index in [9.17, 15) is 0 Å². The van der Waals surface area contributed by atoms with Crippen LogP contribution in [-0.4, -0.2) is 20.3 Å². The molecule has 2 heterocycles. The molecule has 0 bridgehead atoms. The van der Waals surface area contributed by atoms with E-state index in [0.717, 1.165) is 5.56 Å². The molecule has 0 aliphatic carbocycles. The lowest BCUT2D eigenvalue weighted by Crippen LogP contribution is -2.10. The standard InChI is InChI=1S/C19H24N4O2S/c1-11(2)15-20-16(25-23-15)12(3)26-18-22-21-17(24-18)13-7-9-14(10-8-13)19(4,5)6/h7-12H,1-6H3/t12-/m0/s1. The highest BCUT2D eigenvalue weighted by Crippen LogP contribution is 2.35. The topological polar surface area (TPSA) is 77.8 Å². The molecule has 7 heteroatoms. The van der Waals surface area contributed by atoms with Gasteiger partial charge in [0.25, 0.3) is 5.22 Å². The normalized spacial score (nSPS) is 13.3. The third-order valence-corrected chi connectivity index (χ3v) is 4.93. The third kappa shape index (κ3) is 4.15. The zero-order chi connectivity index (χ0) is 18.9. The van der Waals surface area contributed by atoms with E-state index < -0.39 is 0 Å². The first kappa shape index (κ1) is 18.6. The van der Waals surface area contributed by atoms with Crippen LogP contribution in [0.3, 0.4) is 0 Å². The zero-order valence-corrected chi connectivity index (χ0v) is 16.8. The van der Waals surface area contributed by atoms with E-state index in [2.05, 4.69) is 53.2 Å². The van der Waals surface area contributed by atoms with Gasteiger partial charge in [0.15, 0.2) is 5.82 Å². The number of benzene rings is 1. The molecule has 1 atom stereocenters. The average molecular weight is 372 g/mol. The summed E-state index contributed by atoms with van der Waals surface area (Å²) in [4.78, 5) is 4.42. The Morgan fingerprint density at radius 3 is 2.27 bits per heavy atom. The van der Waals surface area contributed by atoms with E-state index in [-0.39, 0.29) is 16.6 Å². The third-order valence-electron chi connectivity index (χ3n) is 4.00. The van der Waals surface area contributed by atoms with Crippen molar-refractivity contribution in [1.29, 1.82) is 0 Å². The number of nitrogens with zero attached hydrogens (tertiary/aromatic N) is 4. The zero-order valence-electron chi connectivity index (χ0n) is 16.0. The first-order valence-corrected chi connectivity index (χ1v) is 9.56. The maximum atomic E-state index is 5.79. The fourth-order valence-electron chi connectivity index (χ4n) is 2.34. The Morgan fingerprint density at radius 2 is 1.69 bits per heavy atom. The summed E-state index contributed by atoms with van der Waals surface area (Å²) in [6.07, 6.45) is 0. The smallest absolute Gasteiger partial charge is 0.277 e. The summed E-state index contributed by atoms with van der Waals surface area (Å²) < 4.78 is 11.1. The van der Waals surface area contributed by atoms with Gasteiger partial charge in [0, 0.05) is 11.5 Å². The van der Waals surface area contributed by atoms with Gasteiger partial charge in [-0.25, -0.2) is 0 Å². The Balaban J connectivity index is 1.71. The van der Waals surface area contributed by atoms with E-state index in [0.29, 0.717) is 22.8 Å². The number of thioether (sulfide) groups is 1. The van der Waals surface area contributed by atoms with Crippen LogP contribution >= 0.6 is 11.8 Å². The molecule has 0 amide bonds. The molecule has 0 radical (unpaired) electrons. The summed E-state index contributed by atoms with van der Waals surface area (Å²) in [6, 6.07) is 8.22. The summed E-state index contributed by atoms with van der Waals surface area (Å²) >= 11 is 1.41. The minimum atomic E-state index is -0.0634. The van der Waals surface area contributed by atoms with Crippen LogP contribution in [0.15, 0.2) is 38.4 Å². The molecule has 138 valence electrons. The molecule has 3 rings (SSSR count). The first-order valence-electron chi connectivity index (χ1n) is 8.68. The Kier molecular flexibility index (Phi) is 5.18. The second-order valence-corrected chi connectivity index (χ2v) is 8.90. The van der Waals surface area contributed by atoms with E-state index in [4.69, 9.17) is 8.94 Å². The number of hydrogen-bond acceptors (Lipinski definition) is 7. The van der Waals surface area contributed by atoms with Crippen molar-refractivity contribution in [1.82, 2.24) is 20.3 Å². The Morgan fingerprint density at radius 1 is 1.00 bits per heavy atom. The second-order valence-electron chi connectivity index (χ2n) is 7.61. The van der Waals surface area contributed by atoms with Gasteiger partial charge in [-0.05, 0) is 30.0 Å². The molecule has 1 aromatic carbocycles. The Bertz CT molecular complexity index is 862. The Hall–Kier alpha value is -2.15. The predicted octanol–water partition coefficient (Wildman–Crippen LogP) is 5.39. The fourth-order valence-corrected chi connectivity index (χ4v) is 3.05. The van der Waals surface area contributed by atoms with Crippen LogP contribution in [0.4, 0.5) is 0 Å². The molecule has 0 fully saturated rings. The van der Waals surface area contributed by atoms with E-state index in [1.54, 1.807) is 0 Å². The lowest BCUT2D eigenvalue weighted by molar-refractivity contribution is 0.372. The molecule has 0 aliphatic heterocycles. The quantitative estimate of drug-likeness (QED) is 0.555. The van der Waals surface area contributed by atoms with Crippen LogP contribution in [0, 0.1) is 0 Å². The van der Waals surface area contributed by atoms with Crippen LogP contribution in [0.25, 0.3) is 11.5 Å². The largest absolute Gasteiger partial charge is 0.411 e. The highest BCUT2D eigenvalue weighted by molar-refractivity contribution is 7.99. The second kappa shape index (κ2) is 7.23. The lowest BCUT2D eigenvalue weighted by atomic mass is 9.87. The number of hydrogen-bond donors (Lipinski definition) is 0. The molecule has 0 aliphatic rings. The van der Waals surface area contributed by atoms with Crippen molar-refractivity contribution in [3.8, 4) is 11.5 Å².